The molecule has 0 aromatic rings. The SMILES string of the molecule is C[C@]1(N)CCS(=O)(=O)C1.[Cl-].[H+]. The summed E-state index contributed by atoms with van der Waals surface area (Å²) >= 11 is 0. The van der Waals surface area contributed by atoms with Crippen molar-refractivity contribution in [3.05, 3.63) is 0 Å². The van der Waals surface area contributed by atoms with Gasteiger partial charge in [0.25, 0.3) is 0 Å². The summed E-state index contributed by atoms with van der Waals surface area (Å²) in [6.07, 6.45) is 0.606. The second-order valence-electron chi connectivity index (χ2n) is 3.00. The van der Waals surface area contributed by atoms with Crippen LogP contribution in [0.1, 0.15) is 14.8 Å². The molecule has 0 unspecified atom stereocenters. The summed E-state index contributed by atoms with van der Waals surface area (Å²) in [5.74, 6) is 0.417. The molecule has 1 heterocycles. The highest BCUT2D eigenvalue weighted by atomic mass is 35.5. The first-order chi connectivity index (χ1) is 3.91. The van der Waals surface area contributed by atoms with Gasteiger partial charge in [0.1, 0.15) is 0 Å². The third kappa shape index (κ3) is 2.44. The van der Waals surface area contributed by atoms with Crippen LogP contribution >= 0.6 is 0 Å². The number of halogens is 1. The molecule has 1 aliphatic rings. The Labute approximate surface area is 68.8 Å². The molecule has 1 atom stereocenters. The maximum absolute atomic E-state index is 10.8. The summed E-state index contributed by atoms with van der Waals surface area (Å²) in [5.41, 5.74) is 5.11. The van der Waals surface area contributed by atoms with Crippen molar-refractivity contribution in [2.45, 2.75) is 18.9 Å². The van der Waals surface area contributed by atoms with Gasteiger partial charge in [-0.1, -0.05) is 0 Å². The lowest BCUT2D eigenvalue weighted by atomic mass is 10.1. The van der Waals surface area contributed by atoms with Crippen LogP contribution in [0, 0.1) is 0 Å². The van der Waals surface area contributed by atoms with Gasteiger partial charge >= 0.3 is 1.43 Å². The molecule has 0 radical (unpaired) electrons. The van der Waals surface area contributed by atoms with Gasteiger partial charge in [-0.15, -0.1) is 0 Å². The molecule has 1 fully saturated rings. The molecule has 1 rings (SSSR count). The van der Waals surface area contributed by atoms with Crippen LogP contribution in [0.25, 0.3) is 0 Å². The Morgan fingerprint density at radius 3 is 2.20 bits per heavy atom. The number of rotatable bonds is 0. The lowest BCUT2D eigenvalue weighted by Crippen LogP contribution is -3.00. The van der Waals surface area contributed by atoms with Crippen LogP contribution < -0.4 is 18.1 Å². The van der Waals surface area contributed by atoms with Crippen molar-refractivity contribution in [1.82, 2.24) is 0 Å². The molecule has 0 spiro atoms. The molecule has 1 saturated heterocycles. The normalized spacial score (nSPS) is 37.0. The minimum Gasteiger partial charge on any atom is -1.00 e. The monoisotopic (exact) mass is 185 g/mol. The second-order valence-corrected chi connectivity index (χ2v) is 5.18. The van der Waals surface area contributed by atoms with Gasteiger partial charge in [-0.2, -0.15) is 0 Å². The highest BCUT2D eigenvalue weighted by molar-refractivity contribution is 7.91. The Morgan fingerprint density at radius 1 is 1.60 bits per heavy atom. The molecule has 10 heavy (non-hydrogen) atoms. The quantitative estimate of drug-likeness (QED) is 0.429. The van der Waals surface area contributed by atoms with Crippen molar-refractivity contribution >= 4 is 9.84 Å². The van der Waals surface area contributed by atoms with Crippen LogP contribution in [0.15, 0.2) is 0 Å². The van der Waals surface area contributed by atoms with Gasteiger partial charge in [0, 0.05) is 5.54 Å². The maximum Gasteiger partial charge on any atom is 1.00 e. The van der Waals surface area contributed by atoms with E-state index < -0.39 is 15.4 Å². The van der Waals surface area contributed by atoms with E-state index in [1.54, 1.807) is 6.92 Å². The molecule has 0 bridgehead atoms. The van der Waals surface area contributed by atoms with Crippen molar-refractivity contribution in [3.63, 3.8) is 0 Å². The van der Waals surface area contributed by atoms with Gasteiger partial charge in [0.05, 0.1) is 11.5 Å². The Hall–Kier alpha value is 0.200. The summed E-state index contributed by atoms with van der Waals surface area (Å²) in [7, 11) is -2.78. The smallest absolute Gasteiger partial charge is 1.00 e. The highest BCUT2D eigenvalue weighted by Gasteiger charge is 2.34. The van der Waals surface area contributed by atoms with E-state index in [1.165, 1.54) is 0 Å². The standard InChI is InChI=1S/C5H11NO2S.ClH/c1-5(6)2-3-9(7,8)4-5;/h2-4,6H2,1H3;1H/t5-;/m0./s1. The molecular formula is C5H12ClNO2S. The van der Waals surface area contributed by atoms with E-state index in [2.05, 4.69) is 0 Å². The van der Waals surface area contributed by atoms with Crippen molar-refractivity contribution in [1.29, 1.82) is 0 Å². The van der Waals surface area contributed by atoms with Crippen LogP contribution in [0.3, 0.4) is 0 Å². The number of nitrogens with two attached hydrogens (primary N) is 1. The van der Waals surface area contributed by atoms with E-state index in [1.807, 2.05) is 0 Å². The average molecular weight is 186 g/mol. The largest absolute Gasteiger partial charge is 1.00 e. The maximum atomic E-state index is 10.8. The summed E-state index contributed by atoms with van der Waals surface area (Å²) in [6, 6.07) is 0. The first-order valence-corrected chi connectivity index (χ1v) is 4.73. The molecule has 2 N–H and O–H groups in total. The first kappa shape index (κ1) is 10.2. The fourth-order valence-corrected chi connectivity index (χ4v) is 3.11. The predicted octanol–water partition coefficient (Wildman–Crippen LogP) is -3.36. The number of hydrogen-bond acceptors (Lipinski definition) is 3. The fraction of sp³-hybridized carbons (Fsp3) is 1.00. The van der Waals surface area contributed by atoms with Crippen molar-refractivity contribution in [2.75, 3.05) is 11.5 Å². The molecule has 0 aromatic carbocycles. The summed E-state index contributed by atoms with van der Waals surface area (Å²) < 4.78 is 21.5. The van der Waals surface area contributed by atoms with Crippen molar-refractivity contribution < 1.29 is 22.3 Å². The van der Waals surface area contributed by atoms with Crippen LogP contribution in [-0.4, -0.2) is 25.5 Å². The lowest BCUT2D eigenvalue weighted by molar-refractivity contribution is -0.00000499. The molecule has 0 aromatic heterocycles. The summed E-state index contributed by atoms with van der Waals surface area (Å²) in [5, 5.41) is 0. The van der Waals surface area contributed by atoms with E-state index in [0.29, 0.717) is 6.42 Å². The van der Waals surface area contributed by atoms with E-state index in [9.17, 15) is 8.42 Å². The zero-order valence-electron chi connectivity index (χ0n) is 6.80. The molecule has 0 aliphatic carbocycles. The molecule has 62 valence electrons. The van der Waals surface area contributed by atoms with Crippen LogP contribution in [0.5, 0.6) is 0 Å². The molecule has 3 nitrogen and oxygen atoms in total. The van der Waals surface area contributed by atoms with Gasteiger partial charge in [0.2, 0.25) is 0 Å². The Morgan fingerprint density at radius 2 is 2.10 bits per heavy atom. The van der Waals surface area contributed by atoms with E-state index in [4.69, 9.17) is 5.73 Å². The fourth-order valence-electron chi connectivity index (χ4n) is 1.04. The topological polar surface area (TPSA) is 60.2 Å². The van der Waals surface area contributed by atoms with Gasteiger partial charge in [-0.3, -0.25) is 0 Å². The van der Waals surface area contributed by atoms with Crippen molar-refractivity contribution in [2.24, 2.45) is 5.73 Å². The molecule has 5 heteroatoms. The predicted molar refractivity (Wildman–Crippen MR) is 37.0 cm³/mol. The van der Waals surface area contributed by atoms with Gasteiger partial charge in [0.15, 0.2) is 9.84 Å². The van der Waals surface area contributed by atoms with Crippen LogP contribution in [-0.2, 0) is 9.84 Å². The Balaban J connectivity index is 0. The van der Waals surface area contributed by atoms with E-state index >= 15 is 0 Å². The zero-order valence-corrected chi connectivity index (χ0v) is 7.37. The van der Waals surface area contributed by atoms with E-state index in [0.717, 1.165) is 0 Å². The van der Waals surface area contributed by atoms with Crippen LogP contribution in [0.4, 0.5) is 0 Å². The molecular weight excluding hydrogens is 174 g/mol. The Bertz CT molecular complexity index is 215. The van der Waals surface area contributed by atoms with E-state index in [-0.39, 0.29) is 25.3 Å². The van der Waals surface area contributed by atoms with Crippen LogP contribution in [0.2, 0.25) is 0 Å². The zero-order chi connectivity index (χ0) is 7.12. The third-order valence-corrected chi connectivity index (χ3v) is 3.46. The van der Waals surface area contributed by atoms with Crippen molar-refractivity contribution in [3.8, 4) is 0 Å². The highest BCUT2D eigenvalue weighted by Crippen LogP contribution is 2.19. The second kappa shape index (κ2) is 2.68. The number of hydrogen-bond donors (Lipinski definition) is 1. The van der Waals surface area contributed by atoms with Gasteiger partial charge in [-0.25, -0.2) is 8.42 Å². The van der Waals surface area contributed by atoms with Gasteiger partial charge in [-0.05, 0) is 13.3 Å². The first-order valence-electron chi connectivity index (χ1n) is 2.91. The average Bonchev–Trinajstić information content (AvgIpc) is 1.78. The van der Waals surface area contributed by atoms with Gasteiger partial charge < -0.3 is 18.1 Å². The minimum atomic E-state index is -2.78. The number of sulfone groups is 1. The third-order valence-electron chi connectivity index (χ3n) is 1.53. The summed E-state index contributed by atoms with van der Waals surface area (Å²) in [4.78, 5) is 0. The summed E-state index contributed by atoms with van der Waals surface area (Å²) in [6.45, 7) is 1.78. The Kier molecular flexibility index (Phi) is 2.73. The minimum absolute atomic E-state index is 0. The molecule has 1 aliphatic heterocycles. The molecule has 0 saturated carbocycles. The molecule has 0 amide bonds. The lowest BCUT2D eigenvalue weighted by Gasteiger charge is -2.12.